The maximum atomic E-state index is 14.1. The van der Waals surface area contributed by atoms with Gasteiger partial charge in [-0.05, 0) is 73.9 Å². The monoisotopic (exact) mass is 439 g/mol. The summed E-state index contributed by atoms with van der Waals surface area (Å²) in [5, 5.41) is 9.84. The van der Waals surface area contributed by atoms with E-state index in [1.807, 2.05) is 32.1 Å². The average Bonchev–Trinajstić information content (AvgIpc) is 2.91. The van der Waals surface area contributed by atoms with Crippen LogP contribution in [0.3, 0.4) is 0 Å². The third-order valence-corrected chi connectivity index (χ3v) is 7.87. The molecule has 0 spiro atoms. The van der Waals surface area contributed by atoms with Crippen LogP contribution in [0.4, 0.5) is 4.39 Å². The van der Waals surface area contributed by atoms with Crippen LogP contribution in [0.5, 0.6) is 0 Å². The molecule has 0 amide bonds. The lowest BCUT2D eigenvalue weighted by molar-refractivity contribution is -0.150. The fourth-order valence-corrected chi connectivity index (χ4v) is 5.64. The number of halogens is 1. The smallest absolute Gasteiger partial charge is 0.310 e. The molecule has 1 unspecified atom stereocenters. The summed E-state index contributed by atoms with van der Waals surface area (Å²) in [4.78, 5) is 14.3. The Morgan fingerprint density at radius 3 is 2.62 bits per heavy atom. The highest BCUT2D eigenvalue weighted by Crippen LogP contribution is 2.52. The molecule has 1 fully saturated rings. The second-order valence-electron chi connectivity index (χ2n) is 9.63. The molecular weight excluding hydrogens is 405 g/mol. The van der Waals surface area contributed by atoms with E-state index < -0.39 is 11.4 Å². The van der Waals surface area contributed by atoms with Crippen LogP contribution in [0, 0.1) is 16.6 Å². The van der Waals surface area contributed by atoms with Gasteiger partial charge in [0, 0.05) is 19.6 Å². The molecule has 5 heteroatoms. The van der Waals surface area contributed by atoms with Crippen molar-refractivity contribution in [1.82, 2.24) is 4.90 Å². The van der Waals surface area contributed by atoms with Gasteiger partial charge in [0.2, 0.25) is 0 Å². The average molecular weight is 440 g/mol. The Morgan fingerprint density at radius 1 is 1.25 bits per heavy atom. The molecule has 0 bridgehead atoms. The summed E-state index contributed by atoms with van der Waals surface area (Å²) in [6.07, 6.45) is 10.2. The molecule has 4 rings (SSSR count). The molecule has 32 heavy (non-hydrogen) atoms. The van der Waals surface area contributed by atoms with Gasteiger partial charge in [0.1, 0.15) is 18.2 Å². The minimum atomic E-state index is -0.695. The molecule has 1 aliphatic carbocycles. The highest BCUT2D eigenvalue weighted by molar-refractivity contribution is 5.79. The van der Waals surface area contributed by atoms with E-state index in [-0.39, 0.29) is 11.2 Å². The lowest BCUT2D eigenvalue weighted by atomic mass is 9.69. The van der Waals surface area contributed by atoms with Crippen molar-refractivity contribution in [3.8, 4) is 0 Å². The van der Waals surface area contributed by atoms with Crippen molar-refractivity contribution in [3.05, 3.63) is 64.7 Å². The van der Waals surface area contributed by atoms with E-state index >= 15 is 0 Å². The number of rotatable bonds is 5. The number of nitrogens with zero attached hydrogens (tertiary/aromatic N) is 1. The van der Waals surface area contributed by atoms with Crippen LogP contribution >= 0.6 is 0 Å². The fourth-order valence-electron chi connectivity index (χ4n) is 5.64. The standard InChI is InChI=1S/C27H34FNO3/c1-4-27(5-2,25(30)31)18-29-14-11-19(12-15-29)24-22-10-9-21(28)16-20(22)17-32-23-8-6-7-13-26(23,24)3/h6-10,16H,4-5,11-15,17-18H2,1-3H3,(H,30,31). The third kappa shape index (κ3) is 3.92. The number of carboxylic acid groups (broad SMARTS) is 1. The Balaban J connectivity index is 1.68. The summed E-state index contributed by atoms with van der Waals surface area (Å²) in [5.74, 6) is 0.0148. The van der Waals surface area contributed by atoms with Gasteiger partial charge in [-0.1, -0.05) is 37.6 Å². The summed E-state index contributed by atoms with van der Waals surface area (Å²) in [5.41, 5.74) is 3.70. The van der Waals surface area contributed by atoms with Gasteiger partial charge >= 0.3 is 5.97 Å². The number of allylic oxidation sites excluding steroid dienone is 4. The van der Waals surface area contributed by atoms with Crippen LogP contribution < -0.4 is 0 Å². The zero-order chi connectivity index (χ0) is 22.9. The van der Waals surface area contributed by atoms with Gasteiger partial charge in [0.25, 0.3) is 0 Å². The van der Waals surface area contributed by atoms with Crippen LogP contribution in [0.25, 0.3) is 5.57 Å². The highest BCUT2D eigenvalue weighted by Gasteiger charge is 2.42. The van der Waals surface area contributed by atoms with Crippen molar-refractivity contribution in [3.63, 3.8) is 0 Å². The van der Waals surface area contributed by atoms with Gasteiger partial charge in [0.05, 0.1) is 10.8 Å². The van der Waals surface area contributed by atoms with Gasteiger partial charge in [0.15, 0.2) is 0 Å². The molecule has 172 valence electrons. The number of benzene rings is 1. The summed E-state index contributed by atoms with van der Waals surface area (Å²) < 4.78 is 20.2. The van der Waals surface area contributed by atoms with Crippen LogP contribution in [0.15, 0.2) is 47.8 Å². The zero-order valence-corrected chi connectivity index (χ0v) is 19.4. The molecule has 1 N–H and O–H groups in total. The van der Waals surface area contributed by atoms with E-state index in [1.54, 1.807) is 12.1 Å². The molecule has 1 atom stereocenters. The molecule has 0 radical (unpaired) electrons. The van der Waals surface area contributed by atoms with Crippen molar-refractivity contribution in [2.45, 2.75) is 59.5 Å². The summed E-state index contributed by atoms with van der Waals surface area (Å²) in [7, 11) is 0. The first-order chi connectivity index (χ1) is 15.3. The van der Waals surface area contributed by atoms with Crippen molar-refractivity contribution in [1.29, 1.82) is 0 Å². The predicted octanol–water partition coefficient (Wildman–Crippen LogP) is 5.95. The maximum absolute atomic E-state index is 14.1. The summed E-state index contributed by atoms with van der Waals surface area (Å²) >= 11 is 0. The summed E-state index contributed by atoms with van der Waals surface area (Å²) in [6.45, 7) is 8.84. The number of ether oxygens (including phenoxy) is 1. The van der Waals surface area contributed by atoms with Crippen molar-refractivity contribution < 1.29 is 19.0 Å². The minimum Gasteiger partial charge on any atom is -0.492 e. The fraction of sp³-hybridized carbons (Fsp3) is 0.519. The second kappa shape index (κ2) is 8.86. The molecule has 0 aromatic heterocycles. The lowest BCUT2D eigenvalue weighted by Crippen LogP contribution is -2.45. The number of fused-ring (bicyclic) bond motifs is 2. The molecule has 4 nitrogen and oxygen atoms in total. The Morgan fingerprint density at radius 2 is 1.97 bits per heavy atom. The minimum absolute atomic E-state index is 0.238. The molecular formula is C27H34FNO3. The number of carboxylic acids is 1. The van der Waals surface area contributed by atoms with Crippen molar-refractivity contribution in [2.75, 3.05) is 19.6 Å². The van der Waals surface area contributed by atoms with Gasteiger partial charge in [-0.25, -0.2) is 4.39 Å². The first kappa shape index (κ1) is 22.8. The van der Waals surface area contributed by atoms with Gasteiger partial charge in [-0.2, -0.15) is 0 Å². The molecule has 1 aromatic carbocycles. The zero-order valence-electron chi connectivity index (χ0n) is 19.4. The van der Waals surface area contributed by atoms with Crippen LogP contribution in [0.2, 0.25) is 0 Å². The van der Waals surface area contributed by atoms with Crippen molar-refractivity contribution >= 4 is 11.5 Å². The van der Waals surface area contributed by atoms with E-state index in [9.17, 15) is 14.3 Å². The highest BCUT2D eigenvalue weighted by atomic mass is 19.1. The number of piperidine rings is 1. The van der Waals surface area contributed by atoms with E-state index in [0.29, 0.717) is 26.0 Å². The Hall–Kier alpha value is -2.40. The topological polar surface area (TPSA) is 49.8 Å². The van der Waals surface area contributed by atoms with E-state index in [4.69, 9.17) is 4.74 Å². The summed E-state index contributed by atoms with van der Waals surface area (Å²) in [6, 6.07) is 5.07. The van der Waals surface area contributed by atoms with E-state index in [1.165, 1.54) is 11.1 Å². The number of carbonyl (C=O) groups is 1. The largest absolute Gasteiger partial charge is 0.492 e. The number of likely N-dealkylation sites (tertiary alicyclic amines) is 1. The quantitative estimate of drug-likeness (QED) is 0.616. The molecule has 2 aliphatic heterocycles. The first-order valence-corrected chi connectivity index (χ1v) is 11.8. The lowest BCUT2D eigenvalue weighted by Gasteiger charge is -2.40. The van der Waals surface area contributed by atoms with Gasteiger partial charge in [-0.15, -0.1) is 0 Å². The maximum Gasteiger partial charge on any atom is 0.310 e. The molecule has 1 aromatic rings. The van der Waals surface area contributed by atoms with Gasteiger partial charge in [-0.3, -0.25) is 4.79 Å². The molecule has 0 saturated carbocycles. The Kier molecular flexibility index (Phi) is 6.30. The van der Waals surface area contributed by atoms with Gasteiger partial charge < -0.3 is 14.7 Å². The molecule has 2 heterocycles. The molecule has 1 saturated heterocycles. The normalized spacial score (nSPS) is 23.7. The second-order valence-corrected chi connectivity index (χ2v) is 9.63. The van der Waals surface area contributed by atoms with Crippen LogP contribution in [-0.4, -0.2) is 35.6 Å². The number of hydrogen-bond donors (Lipinski definition) is 1. The number of aliphatic carboxylic acids is 1. The Labute approximate surface area is 190 Å². The van der Waals surface area contributed by atoms with Crippen molar-refractivity contribution in [2.24, 2.45) is 10.8 Å². The van der Waals surface area contributed by atoms with Crippen LogP contribution in [-0.2, 0) is 16.1 Å². The SMILES string of the molecule is CCC(CC)(CN1CCC(=C2c3ccc(F)cc3COC3=CC=CCC32C)CC1)C(=O)O. The predicted molar refractivity (Wildman–Crippen MR) is 124 cm³/mol. The van der Waals surface area contributed by atoms with E-state index in [0.717, 1.165) is 49.2 Å². The Bertz CT molecular complexity index is 979. The number of hydrogen-bond acceptors (Lipinski definition) is 3. The first-order valence-electron chi connectivity index (χ1n) is 11.8. The van der Waals surface area contributed by atoms with Crippen LogP contribution in [0.1, 0.15) is 64.0 Å². The molecule has 3 aliphatic rings. The van der Waals surface area contributed by atoms with E-state index in [2.05, 4.69) is 17.9 Å². The third-order valence-electron chi connectivity index (χ3n) is 7.87.